The monoisotopic (exact) mass is 270 g/mol. The number of benzene rings is 2. The van der Waals surface area contributed by atoms with Crippen LogP contribution in [0.2, 0.25) is 0 Å². The summed E-state index contributed by atoms with van der Waals surface area (Å²) in [5, 5.41) is 0. The van der Waals surface area contributed by atoms with E-state index in [4.69, 9.17) is 4.74 Å². The molecule has 0 atom stereocenters. The molecule has 0 bridgehead atoms. The van der Waals surface area contributed by atoms with E-state index in [-0.39, 0.29) is 11.3 Å². The maximum absolute atomic E-state index is 13.8. The molecule has 3 heteroatoms. The van der Waals surface area contributed by atoms with Gasteiger partial charge in [-0.3, -0.25) is 4.79 Å². The summed E-state index contributed by atoms with van der Waals surface area (Å²) in [4.78, 5) is 12.4. The van der Waals surface area contributed by atoms with Crippen molar-refractivity contribution in [2.45, 2.75) is 19.8 Å². The highest BCUT2D eigenvalue weighted by Gasteiger charge is 2.17. The molecular weight excluding hydrogens is 255 g/mol. The van der Waals surface area contributed by atoms with Crippen molar-refractivity contribution in [1.82, 2.24) is 0 Å². The second-order valence-electron chi connectivity index (χ2n) is 5.09. The van der Waals surface area contributed by atoms with Crippen LogP contribution in [-0.4, -0.2) is 12.4 Å². The summed E-state index contributed by atoms with van der Waals surface area (Å²) in [5.41, 5.74) is 2.53. The minimum atomic E-state index is -0.477. The molecule has 20 heavy (non-hydrogen) atoms. The normalized spacial score (nSPS) is 13.5. The van der Waals surface area contributed by atoms with Gasteiger partial charge in [-0.05, 0) is 55.7 Å². The standard InChI is InChI=1S/C17H15FO2/c1-11-4-6-15(18)14(9-11)17(19)13-5-7-16-12(10-13)3-2-8-20-16/h4-7,9-10H,2-3,8H2,1H3. The number of aryl methyl sites for hydroxylation is 2. The van der Waals surface area contributed by atoms with Gasteiger partial charge in [-0.2, -0.15) is 0 Å². The van der Waals surface area contributed by atoms with Crippen molar-refractivity contribution in [3.05, 3.63) is 64.5 Å². The molecule has 0 saturated carbocycles. The van der Waals surface area contributed by atoms with Crippen molar-refractivity contribution in [3.8, 4) is 5.75 Å². The fourth-order valence-corrected chi connectivity index (χ4v) is 2.47. The zero-order valence-electron chi connectivity index (χ0n) is 11.3. The van der Waals surface area contributed by atoms with E-state index in [0.29, 0.717) is 12.2 Å². The van der Waals surface area contributed by atoms with Crippen molar-refractivity contribution in [3.63, 3.8) is 0 Å². The van der Waals surface area contributed by atoms with Crippen LogP contribution in [-0.2, 0) is 6.42 Å². The van der Waals surface area contributed by atoms with Crippen LogP contribution >= 0.6 is 0 Å². The number of halogens is 1. The zero-order valence-corrected chi connectivity index (χ0v) is 11.3. The quantitative estimate of drug-likeness (QED) is 0.778. The first-order valence-electron chi connectivity index (χ1n) is 6.72. The Hall–Kier alpha value is -2.16. The van der Waals surface area contributed by atoms with Crippen LogP contribution in [0.25, 0.3) is 0 Å². The topological polar surface area (TPSA) is 26.3 Å². The first kappa shape index (κ1) is 12.9. The van der Waals surface area contributed by atoms with E-state index < -0.39 is 5.82 Å². The van der Waals surface area contributed by atoms with Gasteiger partial charge in [-0.15, -0.1) is 0 Å². The summed E-state index contributed by atoms with van der Waals surface area (Å²) < 4.78 is 19.3. The third kappa shape index (κ3) is 2.31. The van der Waals surface area contributed by atoms with E-state index >= 15 is 0 Å². The molecule has 0 spiro atoms. The molecule has 0 amide bonds. The Balaban J connectivity index is 2.00. The van der Waals surface area contributed by atoms with Crippen LogP contribution in [0.5, 0.6) is 5.75 Å². The maximum Gasteiger partial charge on any atom is 0.195 e. The second kappa shape index (κ2) is 5.08. The van der Waals surface area contributed by atoms with Gasteiger partial charge < -0.3 is 4.74 Å². The van der Waals surface area contributed by atoms with Crippen LogP contribution < -0.4 is 4.74 Å². The lowest BCUT2D eigenvalue weighted by Gasteiger charge is -2.17. The fourth-order valence-electron chi connectivity index (χ4n) is 2.47. The molecule has 0 aromatic heterocycles. The molecule has 3 rings (SSSR count). The molecule has 0 unspecified atom stereocenters. The summed E-state index contributed by atoms with van der Waals surface area (Å²) >= 11 is 0. The molecule has 102 valence electrons. The third-order valence-corrected chi connectivity index (χ3v) is 3.54. The van der Waals surface area contributed by atoms with Crippen molar-refractivity contribution < 1.29 is 13.9 Å². The first-order valence-corrected chi connectivity index (χ1v) is 6.72. The molecule has 1 aliphatic heterocycles. The van der Waals surface area contributed by atoms with E-state index in [1.54, 1.807) is 24.3 Å². The third-order valence-electron chi connectivity index (χ3n) is 3.54. The van der Waals surface area contributed by atoms with Gasteiger partial charge in [0.2, 0.25) is 0 Å². The average molecular weight is 270 g/mol. The first-order chi connectivity index (χ1) is 9.65. The van der Waals surface area contributed by atoms with Gasteiger partial charge in [0.15, 0.2) is 5.78 Å². The summed E-state index contributed by atoms with van der Waals surface area (Å²) in [5.74, 6) is 0.0756. The Bertz CT molecular complexity index is 677. The molecule has 1 aliphatic rings. The van der Waals surface area contributed by atoms with E-state index in [9.17, 15) is 9.18 Å². The lowest BCUT2D eigenvalue weighted by atomic mass is 9.97. The largest absolute Gasteiger partial charge is 0.493 e. The minimum absolute atomic E-state index is 0.127. The number of fused-ring (bicyclic) bond motifs is 1. The average Bonchev–Trinajstić information content (AvgIpc) is 2.48. The summed E-state index contributed by atoms with van der Waals surface area (Å²) in [6, 6.07) is 9.91. The Labute approximate surface area is 117 Å². The highest BCUT2D eigenvalue weighted by Crippen LogP contribution is 2.27. The van der Waals surface area contributed by atoms with Crippen molar-refractivity contribution in [2.24, 2.45) is 0 Å². The lowest BCUT2D eigenvalue weighted by molar-refractivity contribution is 0.103. The number of carbonyl (C=O) groups is 1. The van der Waals surface area contributed by atoms with E-state index in [1.807, 2.05) is 13.0 Å². The van der Waals surface area contributed by atoms with Gasteiger partial charge in [0.25, 0.3) is 0 Å². The van der Waals surface area contributed by atoms with Gasteiger partial charge in [-0.1, -0.05) is 11.6 Å². The Morgan fingerprint density at radius 1 is 1.20 bits per heavy atom. The Morgan fingerprint density at radius 3 is 2.90 bits per heavy atom. The summed E-state index contributed by atoms with van der Waals surface area (Å²) in [6.07, 6.45) is 1.84. The predicted molar refractivity (Wildman–Crippen MR) is 74.8 cm³/mol. The number of rotatable bonds is 2. The highest BCUT2D eigenvalue weighted by molar-refractivity contribution is 6.09. The molecule has 0 saturated heterocycles. The highest BCUT2D eigenvalue weighted by atomic mass is 19.1. The number of hydrogen-bond acceptors (Lipinski definition) is 2. The molecule has 2 aromatic rings. The van der Waals surface area contributed by atoms with Crippen LogP contribution in [0, 0.1) is 12.7 Å². The number of carbonyl (C=O) groups excluding carboxylic acids is 1. The van der Waals surface area contributed by atoms with Crippen molar-refractivity contribution >= 4 is 5.78 Å². The van der Waals surface area contributed by atoms with Crippen LogP contribution in [0.3, 0.4) is 0 Å². The van der Waals surface area contributed by atoms with Crippen LogP contribution in [0.1, 0.15) is 33.5 Å². The van der Waals surface area contributed by atoms with Gasteiger partial charge in [-0.25, -0.2) is 4.39 Å². The molecule has 0 N–H and O–H groups in total. The Kier molecular flexibility index (Phi) is 3.26. The van der Waals surface area contributed by atoms with Gasteiger partial charge in [0, 0.05) is 5.56 Å². The molecule has 0 aliphatic carbocycles. The maximum atomic E-state index is 13.8. The van der Waals surface area contributed by atoms with Crippen LogP contribution in [0.4, 0.5) is 4.39 Å². The van der Waals surface area contributed by atoms with Gasteiger partial charge in [0.05, 0.1) is 12.2 Å². The van der Waals surface area contributed by atoms with Gasteiger partial charge >= 0.3 is 0 Å². The van der Waals surface area contributed by atoms with E-state index in [0.717, 1.165) is 29.7 Å². The fraction of sp³-hybridized carbons (Fsp3) is 0.235. The molecule has 2 aromatic carbocycles. The number of hydrogen-bond donors (Lipinski definition) is 0. The van der Waals surface area contributed by atoms with E-state index in [2.05, 4.69) is 0 Å². The van der Waals surface area contributed by atoms with Crippen LogP contribution in [0.15, 0.2) is 36.4 Å². The SMILES string of the molecule is Cc1ccc(F)c(C(=O)c2ccc3c(c2)CCCO3)c1. The Morgan fingerprint density at radius 2 is 2.05 bits per heavy atom. The molecule has 0 fully saturated rings. The van der Waals surface area contributed by atoms with E-state index in [1.165, 1.54) is 6.07 Å². The molecule has 2 nitrogen and oxygen atoms in total. The van der Waals surface area contributed by atoms with Crippen molar-refractivity contribution in [1.29, 1.82) is 0 Å². The minimum Gasteiger partial charge on any atom is -0.493 e. The summed E-state index contributed by atoms with van der Waals surface area (Å²) in [6.45, 7) is 2.56. The molecule has 1 heterocycles. The summed E-state index contributed by atoms with van der Waals surface area (Å²) in [7, 11) is 0. The predicted octanol–water partition coefficient (Wildman–Crippen LogP) is 3.69. The zero-order chi connectivity index (χ0) is 14.1. The second-order valence-corrected chi connectivity index (χ2v) is 5.09. The van der Waals surface area contributed by atoms with Crippen molar-refractivity contribution in [2.75, 3.05) is 6.61 Å². The smallest absolute Gasteiger partial charge is 0.195 e. The molecule has 0 radical (unpaired) electrons. The number of ketones is 1. The lowest BCUT2D eigenvalue weighted by Crippen LogP contribution is -2.11. The number of ether oxygens (including phenoxy) is 1. The molecular formula is C17H15FO2. The van der Waals surface area contributed by atoms with Gasteiger partial charge in [0.1, 0.15) is 11.6 Å².